The van der Waals surface area contributed by atoms with Gasteiger partial charge < -0.3 is 4.90 Å². The zero-order chi connectivity index (χ0) is 22.9. The van der Waals surface area contributed by atoms with Crippen molar-refractivity contribution in [2.45, 2.75) is 25.9 Å². The fourth-order valence-electron chi connectivity index (χ4n) is 4.73. The molecule has 0 bridgehead atoms. The van der Waals surface area contributed by atoms with Gasteiger partial charge in [-0.2, -0.15) is 5.26 Å². The number of halogens is 2. The summed E-state index contributed by atoms with van der Waals surface area (Å²) in [5, 5.41) is 9.17. The third-order valence-electron chi connectivity index (χ3n) is 6.31. The number of carbonyl (C=O) groups excluding carboxylic acids is 1. The van der Waals surface area contributed by atoms with Crippen molar-refractivity contribution >= 4 is 11.9 Å². The lowest BCUT2D eigenvalue weighted by molar-refractivity contribution is -0.125. The Morgan fingerprint density at radius 2 is 1.97 bits per heavy atom. The molecule has 0 aliphatic carbocycles. The summed E-state index contributed by atoms with van der Waals surface area (Å²) in [6.45, 7) is 3.27. The van der Waals surface area contributed by atoms with Crippen molar-refractivity contribution in [3.63, 3.8) is 0 Å². The van der Waals surface area contributed by atoms with Crippen LogP contribution in [0.1, 0.15) is 29.5 Å². The first-order chi connectivity index (χ1) is 16.0. The Morgan fingerprint density at radius 1 is 1.09 bits per heavy atom. The van der Waals surface area contributed by atoms with Crippen LogP contribution in [-0.2, 0) is 17.9 Å². The maximum Gasteiger partial charge on any atom is 0.259 e. The number of hydrogen-bond acceptors (Lipinski definition) is 5. The zero-order valence-corrected chi connectivity index (χ0v) is 18.1. The number of fused-ring (bicyclic) bond motifs is 2. The third-order valence-corrected chi connectivity index (χ3v) is 6.31. The molecule has 0 spiro atoms. The molecule has 1 amide bonds. The van der Waals surface area contributed by atoms with Gasteiger partial charge in [-0.25, -0.2) is 8.78 Å². The SMILES string of the molecule is N#Cc1cccc(CN2CCC3=C(C2)C(=O)N(Cc2ccc(F)cc2F)C2=NCCCN23)c1. The van der Waals surface area contributed by atoms with Gasteiger partial charge in [-0.15, -0.1) is 0 Å². The van der Waals surface area contributed by atoms with E-state index in [4.69, 9.17) is 5.26 Å². The summed E-state index contributed by atoms with van der Waals surface area (Å²) in [5.41, 5.74) is 3.58. The second kappa shape index (κ2) is 8.75. The van der Waals surface area contributed by atoms with Gasteiger partial charge in [0.25, 0.3) is 5.91 Å². The standard InChI is InChI=1S/C25H23F2N5O/c26-20-6-5-19(22(27)12-20)15-32-24(33)21-16-30(14-18-4-1-3-17(11-18)13-28)10-7-23(21)31-9-2-8-29-25(31)32/h1,3-6,11-12H,2,7-10,14-16H2. The molecule has 8 heteroatoms. The lowest BCUT2D eigenvalue weighted by Crippen LogP contribution is -2.56. The van der Waals surface area contributed by atoms with Crippen LogP contribution in [0.25, 0.3) is 0 Å². The monoisotopic (exact) mass is 447 g/mol. The van der Waals surface area contributed by atoms with Crippen LogP contribution in [0, 0.1) is 23.0 Å². The molecule has 0 radical (unpaired) electrons. The Bertz CT molecular complexity index is 1220. The van der Waals surface area contributed by atoms with Crippen LogP contribution in [0.3, 0.4) is 0 Å². The summed E-state index contributed by atoms with van der Waals surface area (Å²) < 4.78 is 27.8. The molecule has 0 fully saturated rings. The summed E-state index contributed by atoms with van der Waals surface area (Å²) in [5.74, 6) is -0.940. The van der Waals surface area contributed by atoms with Crippen molar-refractivity contribution < 1.29 is 13.6 Å². The normalized spacial score (nSPS) is 18.6. The second-order valence-corrected chi connectivity index (χ2v) is 8.51. The van der Waals surface area contributed by atoms with E-state index < -0.39 is 11.6 Å². The van der Waals surface area contributed by atoms with E-state index in [-0.39, 0.29) is 18.0 Å². The zero-order valence-electron chi connectivity index (χ0n) is 18.1. The molecule has 6 nitrogen and oxygen atoms in total. The molecule has 0 unspecified atom stereocenters. The van der Waals surface area contributed by atoms with Crippen molar-refractivity contribution in [2.24, 2.45) is 4.99 Å². The van der Waals surface area contributed by atoms with Gasteiger partial charge in [0.1, 0.15) is 11.6 Å². The fourth-order valence-corrected chi connectivity index (χ4v) is 4.73. The van der Waals surface area contributed by atoms with Crippen molar-refractivity contribution in [3.05, 3.63) is 82.1 Å². The molecule has 0 N–H and O–H groups in total. The first-order valence-corrected chi connectivity index (χ1v) is 11.0. The minimum Gasteiger partial charge on any atom is -0.315 e. The topological polar surface area (TPSA) is 62.9 Å². The molecule has 3 heterocycles. The predicted molar refractivity (Wildman–Crippen MR) is 119 cm³/mol. The van der Waals surface area contributed by atoms with Gasteiger partial charge in [0, 0.05) is 56.5 Å². The Labute approximate surface area is 191 Å². The Balaban J connectivity index is 1.43. The van der Waals surface area contributed by atoms with Crippen LogP contribution in [0.15, 0.2) is 58.7 Å². The number of aliphatic imine (C=N–C) groups is 1. The van der Waals surface area contributed by atoms with E-state index in [1.807, 2.05) is 18.2 Å². The van der Waals surface area contributed by atoms with Crippen molar-refractivity contribution in [1.29, 1.82) is 5.26 Å². The van der Waals surface area contributed by atoms with Crippen molar-refractivity contribution in [2.75, 3.05) is 26.2 Å². The predicted octanol–water partition coefficient (Wildman–Crippen LogP) is 3.40. The fraction of sp³-hybridized carbons (Fsp3) is 0.320. The molecule has 33 heavy (non-hydrogen) atoms. The Kier molecular flexibility index (Phi) is 5.65. The van der Waals surface area contributed by atoms with Gasteiger partial charge in [0.15, 0.2) is 0 Å². The van der Waals surface area contributed by atoms with E-state index in [0.29, 0.717) is 36.7 Å². The quantitative estimate of drug-likeness (QED) is 0.721. The Morgan fingerprint density at radius 3 is 2.79 bits per heavy atom. The molecule has 3 aliphatic heterocycles. The van der Waals surface area contributed by atoms with Gasteiger partial charge >= 0.3 is 0 Å². The molecule has 0 aromatic heterocycles. The average molecular weight is 447 g/mol. The molecule has 5 rings (SSSR count). The molecule has 0 saturated carbocycles. The number of guanidine groups is 1. The van der Waals surface area contributed by atoms with Crippen LogP contribution < -0.4 is 0 Å². The molecule has 0 atom stereocenters. The molecule has 3 aliphatic rings. The second-order valence-electron chi connectivity index (χ2n) is 8.51. The number of carbonyl (C=O) groups is 1. The van der Waals surface area contributed by atoms with Crippen LogP contribution in [0.2, 0.25) is 0 Å². The van der Waals surface area contributed by atoms with Gasteiger partial charge in [0.2, 0.25) is 5.96 Å². The molecule has 168 valence electrons. The highest BCUT2D eigenvalue weighted by Crippen LogP contribution is 2.32. The van der Waals surface area contributed by atoms with Crippen LogP contribution in [-0.4, -0.2) is 52.7 Å². The number of amides is 1. The number of benzene rings is 2. The number of nitriles is 1. The van der Waals surface area contributed by atoms with Gasteiger partial charge in [0.05, 0.1) is 23.8 Å². The molecule has 2 aromatic rings. The van der Waals surface area contributed by atoms with Gasteiger partial charge in [-0.3, -0.25) is 19.6 Å². The number of nitrogens with zero attached hydrogens (tertiary/aromatic N) is 5. The van der Waals surface area contributed by atoms with Crippen LogP contribution in [0.4, 0.5) is 8.78 Å². The number of rotatable bonds is 4. The van der Waals surface area contributed by atoms with E-state index in [9.17, 15) is 13.6 Å². The highest BCUT2D eigenvalue weighted by molar-refractivity contribution is 6.09. The summed E-state index contributed by atoms with van der Waals surface area (Å²) >= 11 is 0. The molecule has 2 aromatic carbocycles. The molecular weight excluding hydrogens is 424 g/mol. The average Bonchev–Trinajstić information content (AvgIpc) is 2.83. The van der Waals surface area contributed by atoms with E-state index in [1.54, 1.807) is 6.07 Å². The first kappa shape index (κ1) is 21.3. The minimum atomic E-state index is -0.673. The summed E-state index contributed by atoms with van der Waals surface area (Å²) in [4.78, 5) is 24.0. The maximum atomic E-state index is 14.4. The van der Waals surface area contributed by atoms with E-state index in [1.165, 1.54) is 17.0 Å². The largest absolute Gasteiger partial charge is 0.315 e. The lowest BCUT2D eigenvalue weighted by atomic mass is 9.99. The van der Waals surface area contributed by atoms with Crippen molar-refractivity contribution in [3.8, 4) is 6.07 Å². The van der Waals surface area contributed by atoms with E-state index >= 15 is 0 Å². The summed E-state index contributed by atoms with van der Waals surface area (Å²) in [6, 6.07) is 13.1. The smallest absolute Gasteiger partial charge is 0.259 e. The maximum absolute atomic E-state index is 14.4. The van der Waals surface area contributed by atoms with Crippen LogP contribution >= 0.6 is 0 Å². The van der Waals surface area contributed by atoms with E-state index in [0.717, 1.165) is 43.3 Å². The minimum absolute atomic E-state index is 0.00126. The Hall–Kier alpha value is -3.57. The highest BCUT2D eigenvalue weighted by atomic mass is 19.1. The van der Waals surface area contributed by atoms with Gasteiger partial charge in [-0.1, -0.05) is 18.2 Å². The lowest BCUT2D eigenvalue weighted by Gasteiger charge is -2.45. The molecule has 0 saturated heterocycles. The van der Waals surface area contributed by atoms with E-state index in [2.05, 4.69) is 20.9 Å². The third kappa shape index (κ3) is 4.12. The van der Waals surface area contributed by atoms with Crippen molar-refractivity contribution in [1.82, 2.24) is 14.7 Å². The highest BCUT2D eigenvalue weighted by Gasteiger charge is 2.40. The summed E-state index contributed by atoms with van der Waals surface area (Å²) in [6.07, 6.45) is 1.61. The first-order valence-electron chi connectivity index (χ1n) is 11.0. The van der Waals surface area contributed by atoms with Crippen LogP contribution in [0.5, 0.6) is 0 Å². The summed E-state index contributed by atoms with van der Waals surface area (Å²) in [7, 11) is 0. The van der Waals surface area contributed by atoms with Gasteiger partial charge in [-0.05, 0) is 30.2 Å². The molecular formula is C25H23F2N5O. The number of hydrogen-bond donors (Lipinski definition) is 0.